The lowest BCUT2D eigenvalue weighted by Gasteiger charge is -2.12. The third-order valence-corrected chi connectivity index (χ3v) is 4.92. The molecule has 4 rings (SSSR count). The minimum absolute atomic E-state index is 0.604. The molecule has 154 valence electrons. The third kappa shape index (κ3) is 4.43. The zero-order valence-electron chi connectivity index (χ0n) is 18.0. The molecule has 2 aromatic carbocycles. The van der Waals surface area contributed by atoms with E-state index in [1.165, 1.54) is 11.1 Å². The number of aromatic nitrogens is 4. The van der Waals surface area contributed by atoms with E-state index in [1.54, 1.807) is 0 Å². The number of anilines is 3. The van der Waals surface area contributed by atoms with Gasteiger partial charge in [0.05, 0.1) is 17.3 Å². The Balaban J connectivity index is 1.77. The highest BCUT2D eigenvalue weighted by Crippen LogP contribution is 2.27. The summed E-state index contributed by atoms with van der Waals surface area (Å²) in [5.41, 5.74) is 5.16. The fraction of sp³-hybridized carbons (Fsp3) is 0.292. The van der Waals surface area contributed by atoms with Gasteiger partial charge in [0.25, 0.3) is 0 Å². The van der Waals surface area contributed by atoms with Gasteiger partial charge in [-0.15, -0.1) is 0 Å². The first-order valence-electron chi connectivity index (χ1n) is 10.4. The number of hydrogen-bond donors (Lipinski definition) is 2. The molecular formula is C24H28N6. The minimum atomic E-state index is 0.604. The molecule has 0 fully saturated rings. The van der Waals surface area contributed by atoms with Crippen molar-refractivity contribution in [3.63, 3.8) is 0 Å². The SMILES string of the molecule is Cc1cc(C)cc(Nc2nc(NCCC(C)C)nc3c2cnn3-c2ccccc2)c1. The van der Waals surface area contributed by atoms with Crippen molar-refractivity contribution in [2.24, 2.45) is 5.92 Å². The lowest BCUT2D eigenvalue weighted by Crippen LogP contribution is -2.10. The van der Waals surface area contributed by atoms with Crippen molar-refractivity contribution in [2.45, 2.75) is 34.1 Å². The maximum atomic E-state index is 4.78. The van der Waals surface area contributed by atoms with Gasteiger partial charge < -0.3 is 10.6 Å². The second kappa shape index (κ2) is 8.53. The first-order chi connectivity index (χ1) is 14.5. The van der Waals surface area contributed by atoms with E-state index >= 15 is 0 Å². The van der Waals surface area contributed by atoms with Gasteiger partial charge in [-0.1, -0.05) is 38.1 Å². The Kier molecular flexibility index (Phi) is 5.65. The molecule has 0 aliphatic rings. The molecule has 0 spiro atoms. The molecule has 6 heteroatoms. The molecule has 6 nitrogen and oxygen atoms in total. The van der Waals surface area contributed by atoms with E-state index in [9.17, 15) is 0 Å². The van der Waals surface area contributed by atoms with Gasteiger partial charge in [0, 0.05) is 12.2 Å². The molecule has 2 aromatic heterocycles. The van der Waals surface area contributed by atoms with Crippen LogP contribution >= 0.6 is 0 Å². The molecule has 0 bridgehead atoms. The number of aryl methyl sites for hydroxylation is 2. The van der Waals surface area contributed by atoms with Gasteiger partial charge in [0.2, 0.25) is 5.95 Å². The second-order valence-electron chi connectivity index (χ2n) is 8.14. The van der Waals surface area contributed by atoms with Gasteiger partial charge in [-0.05, 0) is 61.6 Å². The average molecular weight is 401 g/mol. The summed E-state index contributed by atoms with van der Waals surface area (Å²) in [5.74, 6) is 1.97. The van der Waals surface area contributed by atoms with Crippen molar-refractivity contribution in [2.75, 3.05) is 17.2 Å². The van der Waals surface area contributed by atoms with Crippen LogP contribution in [0.15, 0.2) is 54.7 Å². The van der Waals surface area contributed by atoms with E-state index < -0.39 is 0 Å². The zero-order chi connectivity index (χ0) is 21.1. The minimum Gasteiger partial charge on any atom is -0.354 e. The summed E-state index contributed by atoms with van der Waals surface area (Å²) in [6, 6.07) is 16.4. The van der Waals surface area contributed by atoms with E-state index in [4.69, 9.17) is 9.97 Å². The molecule has 0 aliphatic heterocycles. The lowest BCUT2D eigenvalue weighted by molar-refractivity contribution is 0.606. The second-order valence-corrected chi connectivity index (χ2v) is 8.14. The number of fused-ring (bicyclic) bond motifs is 1. The first kappa shape index (κ1) is 19.9. The Labute approximate surface area is 177 Å². The van der Waals surface area contributed by atoms with Crippen LogP contribution in [0.5, 0.6) is 0 Å². The summed E-state index contributed by atoms with van der Waals surface area (Å²) >= 11 is 0. The Hall–Kier alpha value is -3.41. The molecule has 30 heavy (non-hydrogen) atoms. The summed E-state index contributed by atoms with van der Waals surface area (Å²) in [7, 11) is 0. The summed E-state index contributed by atoms with van der Waals surface area (Å²) < 4.78 is 1.86. The predicted molar refractivity (Wildman–Crippen MR) is 124 cm³/mol. The lowest BCUT2D eigenvalue weighted by atomic mass is 10.1. The summed E-state index contributed by atoms with van der Waals surface area (Å²) in [6.07, 6.45) is 2.88. The van der Waals surface area contributed by atoms with Gasteiger partial charge in [-0.3, -0.25) is 0 Å². The number of nitrogens with zero attached hydrogens (tertiary/aromatic N) is 4. The van der Waals surface area contributed by atoms with Crippen molar-refractivity contribution in [3.8, 4) is 5.69 Å². The average Bonchev–Trinajstić information content (AvgIpc) is 3.12. The maximum absolute atomic E-state index is 4.78. The fourth-order valence-electron chi connectivity index (χ4n) is 3.50. The molecular weight excluding hydrogens is 372 g/mol. The fourth-order valence-corrected chi connectivity index (χ4v) is 3.50. The van der Waals surface area contributed by atoms with Crippen molar-refractivity contribution in [1.29, 1.82) is 0 Å². The first-order valence-corrected chi connectivity index (χ1v) is 10.4. The number of hydrogen-bond acceptors (Lipinski definition) is 5. The van der Waals surface area contributed by atoms with Gasteiger partial charge in [0.15, 0.2) is 5.65 Å². The topological polar surface area (TPSA) is 67.7 Å². The molecule has 0 saturated carbocycles. The standard InChI is InChI=1S/C24H28N6/c1-16(2)10-11-25-24-28-22(27-19-13-17(3)12-18(4)14-19)21-15-26-30(23(21)29-24)20-8-6-5-7-9-20/h5-9,12-16H,10-11H2,1-4H3,(H2,25,27,28,29). The Morgan fingerprint density at radius 2 is 1.70 bits per heavy atom. The molecule has 0 unspecified atom stereocenters. The van der Waals surface area contributed by atoms with Crippen LogP contribution in [0.4, 0.5) is 17.5 Å². The Morgan fingerprint density at radius 3 is 2.40 bits per heavy atom. The molecule has 0 amide bonds. The van der Waals surface area contributed by atoms with E-state index in [-0.39, 0.29) is 0 Å². The van der Waals surface area contributed by atoms with Crippen molar-refractivity contribution >= 4 is 28.5 Å². The molecule has 4 aromatic rings. The highest BCUT2D eigenvalue weighted by atomic mass is 15.3. The molecule has 0 atom stereocenters. The summed E-state index contributed by atoms with van der Waals surface area (Å²) in [4.78, 5) is 9.56. The van der Waals surface area contributed by atoms with Crippen LogP contribution < -0.4 is 10.6 Å². The van der Waals surface area contributed by atoms with Crippen LogP contribution in [-0.4, -0.2) is 26.3 Å². The number of rotatable bonds is 7. The molecule has 0 aliphatic carbocycles. The van der Waals surface area contributed by atoms with Crippen LogP contribution in [0.25, 0.3) is 16.7 Å². The van der Waals surface area contributed by atoms with Gasteiger partial charge >= 0.3 is 0 Å². The van der Waals surface area contributed by atoms with E-state index in [0.29, 0.717) is 11.9 Å². The normalized spacial score (nSPS) is 11.2. The van der Waals surface area contributed by atoms with Gasteiger partial charge in [0.1, 0.15) is 5.82 Å². The van der Waals surface area contributed by atoms with Crippen LogP contribution in [-0.2, 0) is 0 Å². The highest BCUT2D eigenvalue weighted by Gasteiger charge is 2.15. The monoisotopic (exact) mass is 400 g/mol. The van der Waals surface area contributed by atoms with Crippen molar-refractivity contribution in [1.82, 2.24) is 19.7 Å². The number of benzene rings is 2. The smallest absolute Gasteiger partial charge is 0.226 e. The van der Waals surface area contributed by atoms with Crippen molar-refractivity contribution < 1.29 is 0 Å². The summed E-state index contributed by atoms with van der Waals surface area (Å²) in [5, 5.41) is 12.4. The van der Waals surface area contributed by atoms with E-state index in [1.807, 2.05) is 41.2 Å². The molecule has 2 heterocycles. The van der Waals surface area contributed by atoms with E-state index in [2.05, 4.69) is 61.6 Å². The van der Waals surface area contributed by atoms with Crippen LogP contribution in [0, 0.1) is 19.8 Å². The molecule has 2 N–H and O–H groups in total. The molecule has 0 radical (unpaired) electrons. The molecule has 0 saturated heterocycles. The van der Waals surface area contributed by atoms with E-state index in [0.717, 1.165) is 41.2 Å². The van der Waals surface area contributed by atoms with Crippen LogP contribution in [0.3, 0.4) is 0 Å². The van der Waals surface area contributed by atoms with Crippen LogP contribution in [0.1, 0.15) is 31.4 Å². The van der Waals surface area contributed by atoms with Gasteiger partial charge in [-0.25, -0.2) is 4.68 Å². The summed E-state index contributed by atoms with van der Waals surface area (Å²) in [6.45, 7) is 9.44. The zero-order valence-corrected chi connectivity index (χ0v) is 18.0. The highest BCUT2D eigenvalue weighted by molar-refractivity contribution is 5.90. The largest absolute Gasteiger partial charge is 0.354 e. The Bertz CT molecular complexity index is 1130. The number of para-hydroxylation sites is 1. The van der Waals surface area contributed by atoms with Crippen LogP contribution in [0.2, 0.25) is 0 Å². The van der Waals surface area contributed by atoms with Gasteiger partial charge in [-0.2, -0.15) is 15.1 Å². The van der Waals surface area contributed by atoms with Crippen molar-refractivity contribution in [3.05, 3.63) is 65.9 Å². The quantitative estimate of drug-likeness (QED) is 0.420. The Morgan fingerprint density at radius 1 is 0.967 bits per heavy atom. The predicted octanol–water partition coefficient (Wildman–Crippen LogP) is 5.63. The number of nitrogens with one attached hydrogen (secondary N) is 2. The maximum Gasteiger partial charge on any atom is 0.226 e. The third-order valence-electron chi connectivity index (χ3n) is 4.92.